The monoisotopic (exact) mass is 335 g/mol. The highest BCUT2D eigenvalue weighted by Gasteiger charge is 2.43. The van der Waals surface area contributed by atoms with Gasteiger partial charge >= 0.3 is 11.9 Å². The minimum Gasteiger partial charge on any atom is -0.465 e. The standard InChI is InChI=1S/C17H21NO4S/c1-5-21-16(19)13-10(3)18-11(4)14(17(20)22-6-2)15(13)12-8-7-9-23-12/h7-9,13,15,18H,3,5-6H2,1-2,4H3. The first-order valence-corrected chi connectivity index (χ1v) is 8.42. The molecule has 0 saturated heterocycles. The Kier molecular flexibility index (Phi) is 5.60. The molecule has 1 aromatic heterocycles. The van der Waals surface area contributed by atoms with E-state index in [-0.39, 0.29) is 13.2 Å². The number of carbonyl (C=O) groups is 2. The van der Waals surface area contributed by atoms with E-state index in [1.807, 2.05) is 17.5 Å². The molecule has 2 rings (SSSR count). The van der Waals surface area contributed by atoms with Crippen LogP contribution < -0.4 is 5.32 Å². The number of hydrogen-bond acceptors (Lipinski definition) is 6. The van der Waals surface area contributed by atoms with Crippen molar-refractivity contribution in [1.29, 1.82) is 0 Å². The van der Waals surface area contributed by atoms with Gasteiger partial charge in [0.05, 0.1) is 18.8 Å². The minimum absolute atomic E-state index is 0.275. The molecule has 0 amide bonds. The van der Waals surface area contributed by atoms with E-state index in [2.05, 4.69) is 11.9 Å². The molecule has 1 aromatic rings. The Morgan fingerprint density at radius 2 is 2.00 bits per heavy atom. The summed E-state index contributed by atoms with van der Waals surface area (Å²) in [5.74, 6) is -1.91. The van der Waals surface area contributed by atoms with Gasteiger partial charge in [-0.05, 0) is 32.2 Å². The number of nitrogens with one attached hydrogen (secondary N) is 1. The van der Waals surface area contributed by atoms with Crippen LogP contribution in [0, 0.1) is 5.92 Å². The quantitative estimate of drug-likeness (QED) is 0.838. The summed E-state index contributed by atoms with van der Waals surface area (Å²) in [5.41, 5.74) is 1.65. The van der Waals surface area contributed by atoms with Gasteiger partial charge in [0.2, 0.25) is 0 Å². The second kappa shape index (κ2) is 7.46. The summed E-state index contributed by atoms with van der Waals surface area (Å²) in [4.78, 5) is 25.8. The average Bonchev–Trinajstić information content (AvgIpc) is 3.00. The fourth-order valence-electron chi connectivity index (χ4n) is 2.76. The molecule has 1 aliphatic heterocycles. The molecule has 0 saturated carbocycles. The fraction of sp³-hybridized carbons (Fsp3) is 0.412. The molecule has 0 aromatic carbocycles. The van der Waals surface area contributed by atoms with Crippen molar-refractivity contribution in [3.8, 4) is 0 Å². The molecule has 2 unspecified atom stereocenters. The lowest BCUT2D eigenvalue weighted by atomic mass is 9.79. The zero-order valence-electron chi connectivity index (χ0n) is 13.5. The van der Waals surface area contributed by atoms with Crippen molar-refractivity contribution >= 4 is 23.3 Å². The number of carbonyl (C=O) groups excluding carboxylic acids is 2. The topological polar surface area (TPSA) is 64.6 Å². The van der Waals surface area contributed by atoms with Gasteiger partial charge in [0.25, 0.3) is 0 Å². The predicted molar refractivity (Wildman–Crippen MR) is 88.8 cm³/mol. The maximum absolute atomic E-state index is 12.5. The van der Waals surface area contributed by atoms with Crippen molar-refractivity contribution < 1.29 is 19.1 Å². The van der Waals surface area contributed by atoms with Gasteiger partial charge in [0, 0.05) is 22.2 Å². The predicted octanol–water partition coefficient (Wildman–Crippen LogP) is 2.97. The van der Waals surface area contributed by atoms with E-state index in [4.69, 9.17) is 9.47 Å². The second-order valence-electron chi connectivity index (χ2n) is 5.13. The number of rotatable bonds is 5. The SMILES string of the molecule is C=C1NC(C)=C(C(=O)OCC)C(c2cccs2)C1C(=O)OCC. The van der Waals surface area contributed by atoms with Crippen LogP contribution in [0.3, 0.4) is 0 Å². The van der Waals surface area contributed by atoms with Gasteiger partial charge in [-0.25, -0.2) is 4.79 Å². The van der Waals surface area contributed by atoms with E-state index in [1.54, 1.807) is 20.8 Å². The molecule has 1 N–H and O–H groups in total. The first kappa shape index (κ1) is 17.3. The Bertz CT molecular complexity index is 633. The summed E-state index contributed by atoms with van der Waals surface area (Å²) in [6.45, 7) is 9.81. The van der Waals surface area contributed by atoms with Crippen LogP contribution in [-0.2, 0) is 19.1 Å². The number of hydrogen-bond donors (Lipinski definition) is 1. The van der Waals surface area contributed by atoms with Crippen molar-refractivity contribution in [3.63, 3.8) is 0 Å². The van der Waals surface area contributed by atoms with Crippen LogP contribution in [0.5, 0.6) is 0 Å². The third-order valence-electron chi connectivity index (χ3n) is 3.66. The normalized spacial score (nSPS) is 20.9. The molecule has 0 radical (unpaired) electrons. The first-order chi connectivity index (χ1) is 11.0. The molecule has 5 nitrogen and oxygen atoms in total. The fourth-order valence-corrected chi connectivity index (χ4v) is 3.63. The summed E-state index contributed by atoms with van der Waals surface area (Å²) >= 11 is 1.49. The molecule has 0 spiro atoms. The number of thiophene rings is 1. The Hall–Kier alpha value is -2.08. The molecular formula is C17H21NO4S. The molecule has 0 bridgehead atoms. The van der Waals surface area contributed by atoms with Crippen LogP contribution in [0.25, 0.3) is 0 Å². The Labute approximate surface area is 140 Å². The van der Waals surface area contributed by atoms with E-state index in [0.29, 0.717) is 17.0 Å². The highest BCUT2D eigenvalue weighted by atomic mass is 32.1. The summed E-state index contributed by atoms with van der Waals surface area (Å²) < 4.78 is 10.4. The first-order valence-electron chi connectivity index (χ1n) is 7.54. The van der Waals surface area contributed by atoms with Crippen LogP contribution in [0.15, 0.2) is 41.1 Å². The van der Waals surface area contributed by atoms with Gasteiger partial charge in [-0.15, -0.1) is 11.3 Å². The average molecular weight is 335 g/mol. The van der Waals surface area contributed by atoms with Crippen LogP contribution in [-0.4, -0.2) is 25.2 Å². The largest absolute Gasteiger partial charge is 0.465 e. The van der Waals surface area contributed by atoms with Crippen molar-refractivity contribution in [2.24, 2.45) is 5.92 Å². The minimum atomic E-state index is -0.656. The molecular weight excluding hydrogens is 314 g/mol. The van der Waals surface area contributed by atoms with Gasteiger partial charge in [0.15, 0.2) is 0 Å². The number of esters is 2. The van der Waals surface area contributed by atoms with Crippen LogP contribution in [0.4, 0.5) is 0 Å². The molecule has 23 heavy (non-hydrogen) atoms. The van der Waals surface area contributed by atoms with Crippen molar-refractivity contribution in [1.82, 2.24) is 5.32 Å². The number of ether oxygens (including phenoxy) is 2. The van der Waals surface area contributed by atoms with Gasteiger partial charge in [-0.1, -0.05) is 12.6 Å². The lowest BCUT2D eigenvalue weighted by molar-refractivity contribution is -0.147. The molecule has 124 valence electrons. The molecule has 1 aliphatic rings. The van der Waals surface area contributed by atoms with Crippen LogP contribution in [0.1, 0.15) is 31.6 Å². The molecule has 0 fully saturated rings. The maximum Gasteiger partial charge on any atom is 0.336 e. The smallest absolute Gasteiger partial charge is 0.336 e. The maximum atomic E-state index is 12.5. The van der Waals surface area contributed by atoms with Gasteiger partial charge in [-0.3, -0.25) is 4.79 Å². The Morgan fingerprint density at radius 3 is 2.57 bits per heavy atom. The lowest BCUT2D eigenvalue weighted by Gasteiger charge is -2.34. The van der Waals surface area contributed by atoms with E-state index in [1.165, 1.54) is 11.3 Å². The number of allylic oxidation sites excluding steroid dienone is 1. The third kappa shape index (κ3) is 3.47. The van der Waals surface area contributed by atoms with Crippen LogP contribution >= 0.6 is 11.3 Å². The van der Waals surface area contributed by atoms with Gasteiger partial charge in [-0.2, -0.15) is 0 Å². The van der Waals surface area contributed by atoms with E-state index < -0.39 is 23.8 Å². The van der Waals surface area contributed by atoms with Crippen molar-refractivity contribution in [2.75, 3.05) is 13.2 Å². The van der Waals surface area contributed by atoms with E-state index in [0.717, 1.165) is 4.88 Å². The summed E-state index contributed by atoms with van der Waals surface area (Å²) in [6.07, 6.45) is 0. The van der Waals surface area contributed by atoms with Gasteiger partial charge < -0.3 is 14.8 Å². The molecule has 0 aliphatic carbocycles. The highest BCUT2D eigenvalue weighted by molar-refractivity contribution is 7.10. The van der Waals surface area contributed by atoms with E-state index >= 15 is 0 Å². The zero-order chi connectivity index (χ0) is 17.0. The Morgan fingerprint density at radius 1 is 1.30 bits per heavy atom. The van der Waals surface area contributed by atoms with Crippen LogP contribution in [0.2, 0.25) is 0 Å². The van der Waals surface area contributed by atoms with Crippen molar-refractivity contribution in [3.05, 3.63) is 45.9 Å². The van der Waals surface area contributed by atoms with Gasteiger partial charge in [0.1, 0.15) is 5.92 Å². The summed E-state index contributed by atoms with van der Waals surface area (Å²) in [6, 6.07) is 3.80. The second-order valence-corrected chi connectivity index (χ2v) is 6.11. The molecule has 6 heteroatoms. The molecule has 2 heterocycles. The lowest BCUT2D eigenvalue weighted by Crippen LogP contribution is -2.39. The third-order valence-corrected chi connectivity index (χ3v) is 4.61. The van der Waals surface area contributed by atoms with Crippen molar-refractivity contribution in [2.45, 2.75) is 26.7 Å². The molecule has 2 atom stereocenters. The summed E-state index contributed by atoms with van der Waals surface area (Å²) in [5, 5.41) is 4.96. The zero-order valence-corrected chi connectivity index (χ0v) is 14.4. The Balaban J connectivity index is 2.53. The highest BCUT2D eigenvalue weighted by Crippen LogP contribution is 2.42. The summed E-state index contributed by atoms with van der Waals surface area (Å²) in [7, 11) is 0. The van der Waals surface area contributed by atoms with E-state index in [9.17, 15) is 9.59 Å².